The van der Waals surface area contributed by atoms with Gasteiger partial charge in [-0.3, -0.25) is 14.5 Å². The Morgan fingerprint density at radius 2 is 1.80 bits per heavy atom. The number of nitrogens with zero attached hydrogens (tertiary/aromatic N) is 3. The number of hydrogen-bond acceptors (Lipinski definition) is 6. The minimum atomic E-state index is -0.265. The summed E-state index contributed by atoms with van der Waals surface area (Å²) in [5.41, 5.74) is 1.74. The van der Waals surface area contributed by atoms with Crippen LogP contribution < -0.4 is 14.4 Å². The van der Waals surface area contributed by atoms with Crippen LogP contribution in [0.3, 0.4) is 0 Å². The number of amidine groups is 1. The number of thioether (sulfide) groups is 1. The van der Waals surface area contributed by atoms with Gasteiger partial charge in [0.1, 0.15) is 17.2 Å². The molecule has 2 aromatic rings. The summed E-state index contributed by atoms with van der Waals surface area (Å²) in [6.07, 6.45) is 1.72. The van der Waals surface area contributed by atoms with Crippen LogP contribution in [0.4, 0.5) is 5.69 Å². The van der Waals surface area contributed by atoms with E-state index in [9.17, 15) is 9.59 Å². The molecule has 0 spiro atoms. The summed E-state index contributed by atoms with van der Waals surface area (Å²) in [7, 11) is 6.56. The van der Waals surface area contributed by atoms with Crippen molar-refractivity contribution in [1.82, 2.24) is 4.90 Å². The zero-order valence-electron chi connectivity index (χ0n) is 17.3. The van der Waals surface area contributed by atoms with Crippen molar-refractivity contribution in [1.29, 1.82) is 0 Å². The van der Waals surface area contributed by atoms with E-state index in [2.05, 4.69) is 4.99 Å². The summed E-state index contributed by atoms with van der Waals surface area (Å²) < 4.78 is 10.5. The van der Waals surface area contributed by atoms with Crippen molar-refractivity contribution >= 4 is 40.5 Å². The Bertz CT molecular complexity index is 1000. The number of ether oxygens (including phenoxy) is 2. The third-order valence-corrected chi connectivity index (χ3v) is 5.31. The molecule has 0 saturated heterocycles. The Hall–Kier alpha value is -3.26. The Labute approximate surface area is 180 Å². The van der Waals surface area contributed by atoms with E-state index in [0.717, 1.165) is 11.3 Å². The Balaban J connectivity index is 1.95. The van der Waals surface area contributed by atoms with Crippen LogP contribution in [-0.2, 0) is 9.59 Å². The first-order valence-corrected chi connectivity index (χ1v) is 10.2. The molecule has 0 unspecified atom stereocenters. The molecular weight excluding hydrogens is 402 g/mol. The fourth-order valence-corrected chi connectivity index (χ4v) is 3.67. The van der Waals surface area contributed by atoms with Crippen molar-refractivity contribution in [2.24, 2.45) is 4.99 Å². The maximum absolute atomic E-state index is 13.2. The quantitative estimate of drug-likeness (QED) is 0.665. The van der Waals surface area contributed by atoms with Gasteiger partial charge in [0.05, 0.1) is 25.7 Å². The Morgan fingerprint density at radius 1 is 1.10 bits per heavy atom. The molecular formula is C22H23N3O4S. The van der Waals surface area contributed by atoms with E-state index in [1.165, 1.54) is 21.6 Å². The van der Waals surface area contributed by atoms with Crippen molar-refractivity contribution < 1.29 is 19.1 Å². The molecule has 2 amide bonds. The minimum absolute atomic E-state index is 0.0617. The second-order valence-electron chi connectivity index (χ2n) is 6.62. The van der Waals surface area contributed by atoms with Crippen LogP contribution in [0.15, 0.2) is 59.2 Å². The summed E-state index contributed by atoms with van der Waals surface area (Å²) in [6, 6.07) is 14.5. The highest BCUT2D eigenvalue weighted by Crippen LogP contribution is 2.31. The fraction of sp³-hybridized carbons (Fsp3) is 0.227. The lowest BCUT2D eigenvalue weighted by Crippen LogP contribution is -2.32. The highest BCUT2D eigenvalue weighted by Gasteiger charge is 2.32. The number of rotatable bonds is 6. The second kappa shape index (κ2) is 9.49. The first-order valence-electron chi connectivity index (χ1n) is 9.19. The molecule has 1 heterocycles. The van der Waals surface area contributed by atoms with E-state index in [1.54, 1.807) is 58.7 Å². The number of methoxy groups -OCH3 is 2. The molecule has 0 fully saturated rings. The average Bonchev–Trinajstić information content (AvgIpc) is 3.07. The van der Waals surface area contributed by atoms with Gasteiger partial charge in [-0.15, -0.1) is 0 Å². The molecule has 3 rings (SSSR count). The van der Waals surface area contributed by atoms with E-state index in [-0.39, 0.29) is 17.6 Å². The molecule has 156 valence electrons. The minimum Gasteiger partial charge on any atom is -0.497 e. The Morgan fingerprint density at radius 3 is 2.43 bits per heavy atom. The van der Waals surface area contributed by atoms with Gasteiger partial charge in [-0.25, -0.2) is 4.99 Å². The second-order valence-corrected chi connectivity index (χ2v) is 7.56. The summed E-state index contributed by atoms with van der Waals surface area (Å²) in [5, 5.41) is 0.447. The standard InChI is InChI=1S/C22H23N3O4S/c1-24(2)20(26)14-30-22-23-19(12-15-8-10-17(28-3)11-9-15)21(27)25(22)16-6-5-7-18(13-16)29-4/h5-13H,14H2,1-4H3/b19-12-. The highest BCUT2D eigenvalue weighted by atomic mass is 32.2. The van der Waals surface area contributed by atoms with Crippen LogP contribution in [0.25, 0.3) is 6.08 Å². The summed E-state index contributed by atoms with van der Waals surface area (Å²) >= 11 is 1.22. The van der Waals surface area contributed by atoms with Crippen molar-refractivity contribution in [3.63, 3.8) is 0 Å². The van der Waals surface area contributed by atoms with Gasteiger partial charge in [-0.05, 0) is 35.9 Å². The molecule has 0 aromatic heterocycles. The van der Waals surface area contributed by atoms with Gasteiger partial charge in [-0.1, -0.05) is 30.0 Å². The normalized spacial score (nSPS) is 14.7. The lowest BCUT2D eigenvalue weighted by molar-refractivity contribution is -0.125. The van der Waals surface area contributed by atoms with Crippen molar-refractivity contribution in [2.75, 3.05) is 39.0 Å². The third-order valence-electron chi connectivity index (χ3n) is 4.38. The van der Waals surface area contributed by atoms with Gasteiger partial charge >= 0.3 is 0 Å². The first-order chi connectivity index (χ1) is 14.4. The molecule has 7 nitrogen and oxygen atoms in total. The number of anilines is 1. The van der Waals surface area contributed by atoms with E-state index >= 15 is 0 Å². The number of benzene rings is 2. The topological polar surface area (TPSA) is 71.4 Å². The Kier molecular flexibility index (Phi) is 6.79. The number of amides is 2. The van der Waals surface area contributed by atoms with E-state index in [0.29, 0.717) is 22.3 Å². The van der Waals surface area contributed by atoms with E-state index in [4.69, 9.17) is 9.47 Å². The van der Waals surface area contributed by atoms with Crippen LogP contribution in [0.2, 0.25) is 0 Å². The molecule has 1 aliphatic heterocycles. The molecule has 0 N–H and O–H groups in total. The van der Waals surface area contributed by atoms with Gasteiger partial charge in [0.15, 0.2) is 5.17 Å². The number of aliphatic imine (C=N–C) groups is 1. The molecule has 30 heavy (non-hydrogen) atoms. The smallest absolute Gasteiger partial charge is 0.283 e. The molecule has 0 saturated carbocycles. The van der Waals surface area contributed by atoms with Gasteiger partial charge < -0.3 is 14.4 Å². The zero-order valence-corrected chi connectivity index (χ0v) is 18.1. The lowest BCUT2D eigenvalue weighted by atomic mass is 10.2. The predicted octanol–water partition coefficient (Wildman–Crippen LogP) is 3.27. The molecule has 0 atom stereocenters. The summed E-state index contributed by atoms with van der Waals surface area (Å²) in [5.74, 6) is 1.21. The van der Waals surface area contributed by atoms with Crippen LogP contribution >= 0.6 is 11.8 Å². The van der Waals surface area contributed by atoms with Crippen molar-refractivity contribution in [3.05, 3.63) is 59.8 Å². The molecule has 0 radical (unpaired) electrons. The predicted molar refractivity (Wildman–Crippen MR) is 120 cm³/mol. The maximum atomic E-state index is 13.2. The van der Waals surface area contributed by atoms with Crippen LogP contribution in [-0.4, -0.2) is 55.9 Å². The lowest BCUT2D eigenvalue weighted by Gasteiger charge is -2.19. The van der Waals surface area contributed by atoms with Gasteiger partial charge in [0.2, 0.25) is 5.91 Å². The highest BCUT2D eigenvalue weighted by molar-refractivity contribution is 8.14. The fourth-order valence-electron chi connectivity index (χ4n) is 2.68. The number of carbonyl (C=O) groups excluding carboxylic acids is 2. The van der Waals surface area contributed by atoms with Crippen LogP contribution in [0.1, 0.15) is 5.56 Å². The average molecular weight is 426 g/mol. The molecule has 8 heteroatoms. The first kappa shape index (κ1) is 21.4. The number of carbonyl (C=O) groups is 2. The van der Waals surface area contributed by atoms with Crippen LogP contribution in [0, 0.1) is 0 Å². The van der Waals surface area contributed by atoms with Crippen molar-refractivity contribution in [3.8, 4) is 11.5 Å². The monoisotopic (exact) mass is 425 g/mol. The van der Waals surface area contributed by atoms with E-state index in [1.807, 2.05) is 24.3 Å². The maximum Gasteiger partial charge on any atom is 0.283 e. The van der Waals surface area contributed by atoms with E-state index < -0.39 is 0 Å². The third kappa shape index (κ3) is 4.83. The molecule has 0 bridgehead atoms. The molecule has 2 aromatic carbocycles. The largest absolute Gasteiger partial charge is 0.497 e. The SMILES string of the molecule is COc1ccc(/C=C2\N=C(SCC(=O)N(C)C)N(c3cccc(OC)c3)C2=O)cc1. The van der Waals surface area contributed by atoms with Gasteiger partial charge in [0, 0.05) is 20.2 Å². The molecule has 1 aliphatic rings. The zero-order chi connectivity index (χ0) is 21.7. The van der Waals surface area contributed by atoms with Gasteiger partial charge in [-0.2, -0.15) is 0 Å². The molecule has 0 aliphatic carbocycles. The van der Waals surface area contributed by atoms with Gasteiger partial charge in [0.25, 0.3) is 5.91 Å². The number of hydrogen-bond donors (Lipinski definition) is 0. The summed E-state index contributed by atoms with van der Waals surface area (Å²) in [6.45, 7) is 0. The van der Waals surface area contributed by atoms with Crippen LogP contribution in [0.5, 0.6) is 11.5 Å². The summed E-state index contributed by atoms with van der Waals surface area (Å²) in [4.78, 5) is 32.8. The van der Waals surface area contributed by atoms with Crippen molar-refractivity contribution in [2.45, 2.75) is 0 Å².